The fourth-order valence-corrected chi connectivity index (χ4v) is 6.30. The molecular weight excluding hydrogens is 494 g/mol. The summed E-state index contributed by atoms with van der Waals surface area (Å²) in [6, 6.07) is 14.6. The molecule has 5 rings (SSSR count). The molecule has 36 heavy (non-hydrogen) atoms. The standard InChI is InChI=1S/C27H25N3O4S2/c1-5-29-19-10-8-7-9-18(19)21(24(29)31)23-25(32)30-22(16-11-13-17(35-4)14-12-16)20(26(33)34-6-2)15(3)28-27(30)36-23/h7-14,22H,5-6H2,1-4H3. The Balaban J connectivity index is 1.81. The smallest absolute Gasteiger partial charge is 0.338 e. The summed E-state index contributed by atoms with van der Waals surface area (Å²) >= 11 is 2.80. The number of allylic oxidation sites excluding steroid dienone is 1. The molecule has 0 radical (unpaired) electrons. The second-order valence-corrected chi connectivity index (χ2v) is 10.2. The zero-order chi connectivity index (χ0) is 25.6. The molecule has 0 saturated carbocycles. The predicted molar refractivity (Wildman–Crippen MR) is 142 cm³/mol. The first-order valence-electron chi connectivity index (χ1n) is 11.7. The molecule has 9 heteroatoms. The summed E-state index contributed by atoms with van der Waals surface area (Å²) < 4.78 is 7.22. The first kappa shape index (κ1) is 24.3. The van der Waals surface area contributed by atoms with Gasteiger partial charge < -0.3 is 9.64 Å². The highest BCUT2D eigenvalue weighted by Gasteiger charge is 2.36. The lowest BCUT2D eigenvalue weighted by Gasteiger charge is -2.24. The molecule has 1 atom stereocenters. The molecule has 184 valence electrons. The Labute approximate surface area is 216 Å². The van der Waals surface area contributed by atoms with E-state index in [0.29, 0.717) is 32.7 Å². The number of anilines is 1. The van der Waals surface area contributed by atoms with E-state index in [4.69, 9.17) is 4.74 Å². The van der Waals surface area contributed by atoms with Crippen molar-refractivity contribution in [1.82, 2.24) is 4.57 Å². The van der Waals surface area contributed by atoms with Crippen molar-refractivity contribution in [1.29, 1.82) is 0 Å². The van der Waals surface area contributed by atoms with Gasteiger partial charge in [0.2, 0.25) is 0 Å². The summed E-state index contributed by atoms with van der Waals surface area (Å²) in [6.45, 7) is 6.11. The minimum Gasteiger partial charge on any atom is -0.463 e. The number of hydrogen-bond donors (Lipinski definition) is 0. The second-order valence-electron chi connectivity index (χ2n) is 8.34. The topological polar surface area (TPSA) is 81.0 Å². The van der Waals surface area contributed by atoms with Crippen LogP contribution in [-0.4, -0.2) is 35.9 Å². The van der Waals surface area contributed by atoms with E-state index in [1.54, 1.807) is 30.5 Å². The SMILES string of the molecule is CCOC(=O)C1=C(C)N=c2sc(=C3C(=O)N(CC)c4ccccc43)c(=O)n2C1c1ccc(SC)cc1. The number of likely N-dealkylation sites (N-methyl/N-ethyl adjacent to an activating group) is 1. The first-order valence-corrected chi connectivity index (χ1v) is 13.7. The number of benzene rings is 2. The number of aromatic nitrogens is 1. The quantitative estimate of drug-likeness (QED) is 0.382. The highest BCUT2D eigenvalue weighted by atomic mass is 32.2. The third-order valence-electron chi connectivity index (χ3n) is 6.39. The van der Waals surface area contributed by atoms with E-state index in [1.165, 1.54) is 15.9 Å². The zero-order valence-corrected chi connectivity index (χ0v) is 22.0. The largest absolute Gasteiger partial charge is 0.463 e. The second kappa shape index (κ2) is 9.55. The van der Waals surface area contributed by atoms with Gasteiger partial charge in [0.15, 0.2) is 4.80 Å². The summed E-state index contributed by atoms with van der Waals surface area (Å²) in [7, 11) is 0. The Bertz CT molecular complexity index is 1600. The summed E-state index contributed by atoms with van der Waals surface area (Å²) in [6.07, 6.45) is 1.99. The van der Waals surface area contributed by atoms with Gasteiger partial charge in [0.25, 0.3) is 11.5 Å². The van der Waals surface area contributed by atoms with Crippen LogP contribution in [-0.2, 0) is 14.3 Å². The lowest BCUT2D eigenvalue weighted by Crippen LogP contribution is -2.41. The molecule has 0 bridgehead atoms. The predicted octanol–water partition coefficient (Wildman–Crippen LogP) is 3.26. The van der Waals surface area contributed by atoms with Crippen molar-refractivity contribution in [3.05, 3.63) is 90.6 Å². The van der Waals surface area contributed by atoms with Crippen LogP contribution in [0.1, 0.15) is 37.9 Å². The van der Waals surface area contributed by atoms with Gasteiger partial charge in [-0.1, -0.05) is 41.7 Å². The molecule has 0 fully saturated rings. The number of ether oxygens (including phenoxy) is 1. The molecule has 2 aromatic carbocycles. The molecule has 1 amide bonds. The van der Waals surface area contributed by atoms with Crippen molar-refractivity contribution in [3.8, 4) is 0 Å². The maximum absolute atomic E-state index is 14.0. The van der Waals surface area contributed by atoms with E-state index in [9.17, 15) is 14.4 Å². The summed E-state index contributed by atoms with van der Waals surface area (Å²) in [5.74, 6) is -0.707. The third kappa shape index (κ3) is 3.74. The Morgan fingerprint density at radius 2 is 1.83 bits per heavy atom. The van der Waals surface area contributed by atoms with Gasteiger partial charge in [-0.05, 0) is 50.8 Å². The van der Waals surface area contributed by atoms with Crippen LogP contribution < -0.4 is 19.8 Å². The van der Waals surface area contributed by atoms with Crippen molar-refractivity contribution in [2.24, 2.45) is 4.99 Å². The molecule has 0 N–H and O–H groups in total. The maximum atomic E-state index is 14.0. The van der Waals surface area contributed by atoms with E-state index >= 15 is 0 Å². The lowest BCUT2D eigenvalue weighted by atomic mass is 9.96. The van der Waals surface area contributed by atoms with Crippen LogP contribution in [0.25, 0.3) is 5.57 Å². The zero-order valence-electron chi connectivity index (χ0n) is 20.4. The van der Waals surface area contributed by atoms with Crippen LogP contribution in [0.4, 0.5) is 5.69 Å². The average molecular weight is 520 g/mol. The monoisotopic (exact) mass is 519 g/mol. The fraction of sp³-hybridized carbons (Fsp3) is 0.259. The fourth-order valence-electron chi connectivity index (χ4n) is 4.76. The minimum absolute atomic E-state index is 0.203. The van der Waals surface area contributed by atoms with Crippen molar-refractivity contribution < 1.29 is 14.3 Å². The van der Waals surface area contributed by atoms with Crippen molar-refractivity contribution in [2.45, 2.75) is 31.7 Å². The van der Waals surface area contributed by atoms with Gasteiger partial charge in [0, 0.05) is 17.0 Å². The summed E-state index contributed by atoms with van der Waals surface area (Å²) in [5.41, 5.74) is 3.16. The third-order valence-corrected chi connectivity index (χ3v) is 8.19. The molecule has 3 aromatic rings. The van der Waals surface area contributed by atoms with Gasteiger partial charge >= 0.3 is 5.97 Å². The Morgan fingerprint density at radius 3 is 2.50 bits per heavy atom. The number of nitrogens with zero attached hydrogens (tertiary/aromatic N) is 3. The molecule has 1 aromatic heterocycles. The molecular formula is C27H25N3O4S2. The van der Waals surface area contributed by atoms with Crippen molar-refractivity contribution in [2.75, 3.05) is 24.3 Å². The number of thioether (sulfide) groups is 1. The van der Waals surface area contributed by atoms with E-state index in [0.717, 1.165) is 21.7 Å². The highest BCUT2D eigenvalue weighted by molar-refractivity contribution is 7.98. The van der Waals surface area contributed by atoms with Gasteiger partial charge in [0.05, 0.1) is 35.2 Å². The van der Waals surface area contributed by atoms with Crippen LogP contribution in [0, 0.1) is 0 Å². The van der Waals surface area contributed by atoms with Crippen LogP contribution in [0.15, 0.2) is 74.5 Å². The van der Waals surface area contributed by atoms with E-state index < -0.39 is 12.0 Å². The Morgan fingerprint density at radius 1 is 1.11 bits per heavy atom. The molecule has 2 aliphatic rings. The highest BCUT2D eigenvalue weighted by Crippen LogP contribution is 2.35. The number of amides is 1. The van der Waals surface area contributed by atoms with Gasteiger partial charge in [-0.2, -0.15) is 0 Å². The van der Waals surface area contributed by atoms with Crippen LogP contribution >= 0.6 is 23.1 Å². The van der Waals surface area contributed by atoms with Crippen LogP contribution in [0.3, 0.4) is 0 Å². The van der Waals surface area contributed by atoms with E-state index in [2.05, 4.69) is 4.99 Å². The van der Waals surface area contributed by atoms with E-state index in [-0.39, 0.29) is 18.1 Å². The number of carbonyl (C=O) groups is 2. The van der Waals surface area contributed by atoms with E-state index in [1.807, 2.05) is 61.7 Å². The van der Waals surface area contributed by atoms with Crippen LogP contribution in [0.5, 0.6) is 0 Å². The van der Waals surface area contributed by atoms with Gasteiger partial charge in [-0.25, -0.2) is 9.79 Å². The number of rotatable bonds is 5. The van der Waals surface area contributed by atoms with Crippen molar-refractivity contribution >= 4 is 46.2 Å². The number of carbonyl (C=O) groups excluding carboxylic acids is 2. The molecule has 0 saturated heterocycles. The van der Waals surface area contributed by atoms with Gasteiger partial charge in [-0.15, -0.1) is 11.8 Å². The molecule has 0 aliphatic carbocycles. The first-order chi connectivity index (χ1) is 17.4. The Kier molecular flexibility index (Phi) is 6.44. The molecule has 0 spiro atoms. The maximum Gasteiger partial charge on any atom is 0.338 e. The molecule has 7 nitrogen and oxygen atoms in total. The molecule has 3 heterocycles. The number of hydrogen-bond acceptors (Lipinski definition) is 7. The molecule has 1 unspecified atom stereocenters. The van der Waals surface area contributed by atoms with Crippen molar-refractivity contribution in [3.63, 3.8) is 0 Å². The number of para-hydroxylation sites is 1. The van der Waals surface area contributed by atoms with Gasteiger partial charge in [-0.3, -0.25) is 14.2 Å². The Hall–Kier alpha value is -3.43. The molecule has 2 aliphatic heterocycles. The summed E-state index contributed by atoms with van der Waals surface area (Å²) in [4.78, 5) is 48.4. The van der Waals surface area contributed by atoms with Crippen LogP contribution in [0.2, 0.25) is 0 Å². The average Bonchev–Trinajstić information content (AvgIpc) is 3.35. The van der Waals surface area contributed by atoms with Gasteiger partial charge in [0.1, 0.15) is 4.53 Å². The normalized spacial score (nSPS) is 18.2. The minimum atomic E-state index is -0.709. The summed E-state index contributed by atoms with van der Waals surface area (Å²) in [5, 5.41) is 0. The lowest BCUT2D eigenvalue weighted by molar-refractivity contribution is -0.139. The number of thiazole rings is 1. The number of esters is 1. The number of fused-ring (bicyclic) bond motifs is 2.